The molecule has 1 heterocycles. The highest BCUT2D eigenvalue weighted by molar-refractivity contribution is 6.00. The average molecular weight is 390 g/mol. The molecule has 6 heteroatoms. The summed E-state index contributed by atoms with van der Waals surface area (Å²) in [5, 5.41) is 9.96. The number of nitrogens with one attached hydrogen (secondary N) is 2. The number of aryl methyl sites for hydroxylation is 3. The Balaban J connectivity index is 1.68. The van der Waals surface area contributed by atoms with E-state index in [-0.39, 0.29) is 18.4 Å². The number of benzene rings is 2. The molecule has 0 saturated carbocycles. The lowest BCUT2D eigenvalue weighted by Gasteiger charge is -2.13. The normalized spacial score (nSPS) is 10.6. The van der Waals surface area contributed by atoms with Gasteiger partial charge in [0.15, 0.2) is 0 Å². The molecule has 0 aliphatic carbocycles. The summed E-state index contributed by atoms with van der Waals surface area (Å²) in [6.07, 6.45) is 2.19. The van der Waals surface area contributed by atoms with Gasteiger partial charge in [-0.25, -0.2) is 4.68 Å². The summed E-state index contributed by atoms with van der Waals surface area (Å²) in [6.45, 7) is 7.81. The average Bonchev–Trinajstić information content (AvgIpc) is 3.13. The Labute approximate surface area is 170 Å². The van der Waals surface area contributed by atoms with E-state index in [1.165, 1.54) is 0 Å². The highest BCUT2D eigenvalue weighted by atomic mass is 16.2. The van der Waals surface area contributed by atoms with Crippen molar-refractivity contribution < 1.29 is 9.59 Å². The first kappa shape index (κ1) is 20.3. The van der Waals surface area contributed by atoms with Gasteiger partial charge in [-0.05, 0) is 50.5 Å². The lowest BCUT2D eigenvalue weighted by molar-refractivity contribution is -0.115. The first-order valence-corrected chi connectivity index (χ1v) is 9.69. The topological polar surface area (TPSA) is 76.0 Å². The maximum Gasteiger partial charge on any atom is 0.255 e. The molecule has 2 aromatic carbocycles. The van der Waals surface area contributed by atoms with Crippen molar-refractivity contribution in [3.8, 4) is 5.69 Å². The predicted molar refractivity (Wildman–Crippen MR) is 115 cm³/mol. The molecule has 0 spiro atoms. The number of carbonyl (C=O) groups excluding carboxylic acids is 2. The Morgan fingerprint density at radius 1 is 1.03 bits per heavy atom. The second-order valence-corrected chi connectivity index (χ2v) is 7.11. The second-order valence-electron chi connectivity index (χ2n) is 7.11. The molecule has 2 amide bonds. The van der Waals surface area contributed by atoms with Crippen LogP contribution in [0.25, 0.3) is 5.69 Å². The fourth-order valence-electron chi connectivity index (χ4n) is 3.51. The number of carbonyl (C=O) groups is 2. The van der Waals surface area contributed by atoms with Crippen molar-refractivity contribution in [3.63, 3.8) is 0 Å². The van der Waals surface area contributed by atoms with E-state index in [2.05, 4.69) is 15.7 Å². The van der Waals surface area contributed by atoms with E-state index in [1.54, 1.807) is 10.9 Å². The van der Waals surface area contributed by atoms with Crippen LogP contribution in [0.1, 0.15) is 39.7 Å². The lowest BCUT2D eigenvalue weighted by atomic mass is 10.1. The van der Waals surface area contributed by atoms with Gasteiger partial charge in [-0.3, -0.25) is 9.59 Å². The molecule has 0 bridgehead atoms. The van der Waals surface area contributed by atoms with Crippen LogP contribution < -0.4 is 10.6 Å². The Kier molecular flexibility index (Phi) is 6.12. The maximum atomic E-state index is 12.7. The third kappa shape index (κ3) is 4.54. The molecular formula is C23H26N4O2. The monoisotopic (exact) mass is 390 g/mol. The molecule has 0 fully saturated rings. The zero-order valence-corrected chi connectivity index (χ0v) is 17.2. The van der Waals surface area contributed by atoms with Crippen molar-refractivity contribution in [3.05, 3.63) is 76.6 Å². The van der Waals surface area contributed by atoms with Gasteiger partial charge >= 0.3 is 0 Å². The summed E-state index contributed by atoms with van der Waals surface area (Å²) in [6, 6.07) is 13.7. The van der Waals surface area contributed by atoms with Crippen molar-refractivity contribution in [2.24, 2.45) is 0 Å². The third-order valence-corrected chi connectivity index (χ3v) is 4.80. The van der Waals surface area contributed by atoms with Crippen LogP contribution in [0.4, 0.5) is 5.69 Å². The summed E-state index contributed by atoms with van der Waals surface area (Å²) >= 11 is 0. The number of amides is 2. The molecule has 0 radical (unpaired) electrons. The molecule has 3 aromatic rings. The number of para-hydroxylation sites is 1. The zero-order valence-electron chi connectivity index (χ0n) is 17.2. The summed E-state index contributed by atoms with van der Waals surface area (Å²) in [5.74, 6) is -0.571. The molecule has 3 rings (SSSR count). The van der Waals surface area contributed by atoms with Gasteiger partial charge in [0.1, 0.15) is 0 Å². The number of anilines is 1. The fourth-order valence-corrected chi connectivity index (χ4v) is 3.51. The first-order valence-electron chi connectivity index (χ1n) is 9.69. The summed E-state index contributed by atoms with van der Waals surface area (Å²) in [7, 11) is 0. The van der Waals surface area contributed by atoms with E-state index in [9.17, 15) is 9.59 Å². The molecule has 150 valence electrons. The molecule has 0 unspecified atom stereocenters. The minimum absolute atomic E-state index is 0.106. The largest absolute Gasteiger partial charge is 0.343 e. The van der Waals surface area contributed by atoms with E-state index in [4.69, 9.17) is 0 Å². The standard InChI is InChI=1S/C23H26N4O2/c1-5-20-19(13-25-27(20)18-9-7-6-8-10-18)23(29)24-14-21(28)26-22-16(3)11-15(2)12-17(22)4/h6-13H,5,14H2,1-4H3,(H,24,29)(H,26,28). The molecule has 29 heavy (non-hydrogen) atoms. The molecule has 0 aliphatic rings. The molecule has 1 aromatic heterocycles. The van der Waals surface area contributed by atoms with Gasteiger partial charge in [0.05, 0.1) is 29.7 Å². The van der Waals surface area contributed by atoms with E-state index in [0.717, 1.165) is 33.8 Å². The van der Waals surface area contributed by atoms with Crippen molar-refractivity contribution in [1.29, 1.82) is 0 Å². The van der Waals surface area contributed by atoms with Crippen molar-refractivity contribution >= 4 is 17.5 Å². The van der Waals surface area contributed by atoms with Crippen molar-refractivity contribution in [2.45, 2.75) is 34.1 Å². The van der Waals surface area contributed by atoms with Crippen LogP contribution in [0, 0.1) is 20.8 Å². The molecule has 6 nitrogen and oxygen atoms in total. The van der Waals surface area contributed by atoms with Gasteiger partial charge in [0.2, 0.25) is 5.91 Å². The van der Waals surface area contributed by atoms with Gasteiger partial charge in [-0.1, -0.05) is 42.8 Å². The summed E-state index contributed by atoms with van der Waals surface area (Å²) < 4.78 is 1.76. The molecule has 0 saturated heterocycles. The molecule has 2 N–H and O–H groups in total. The van der Waals surface area contributed by atoms with Crippen LogP contribution in [0.2, 0.25) is 0 Å². The first-order chi connectivity index (χ1) is 13.9. The van der Waals surface area contributed by atoms with Crippen LogP contribution in [-0.2, 0) is 11.2 Å². The van der Waals surface area contributed by atoms with Gasteiger partial charge in [-0.2, -0.15) is 5.10 Å². The third-order valence-electron chi connectivity index (χ3n) is 4.80. The highest BCUT2D eigenvalue weighted by Gasteiger charge is 2.18. The van der Waals surface area contributed by atoms with Crippen molar-refractivity contribution in [1.82, 2.24) is 15.1 Å². The molecule has 0 atom stereocenters. The Hall–Kier alpha value is -3.41. The van der Waals surface area contributed by atoms with Gasteiger partial charge < -0.3 is 10.6 Å². The van der Waals surface area contributed by atoms with Crippen LogP contribution in [0.15, 0.2) is 48.7 Å². The van der Waals surface area contributed by atoms with Crippen LogP contribution >= 0.6 is 0 Å². The van der Waals surface area contributed by atoms with Crippen LogP contribution in [0.3, 0.4) is 0 Å². The number of nitrogens with zero attached hydrogens (tertiary/aromatic N) is 2. The predicted octanol–water partition coefficient (Wildman–Crippen LogP) is 3.73. The Morgan fingerprint density at radius 3 is 2.31 bits per heavy atom. The van der Waals surface area contributed by atoms with Crippen LogP contribution in [0.5, 0.6) is 0 Å². The molecular weight excluding hydrogens is 364 g/mol. The van der Waals surface area contributed by atoms with Gasteiger partial charge in [-0.15, -0.1) is 0 Å². The minimum Gasteiger partial charge on any atom is -0.343 e. The number of hydrogen-bond donors (Lipinski definition) is 2. The lowest BCUT2D eigenvalue weighted by Crippen LogP contribution is -2.33. The quantitative estimate of drug-likeness (QED) is 0.673. The molecule has 0 aliphatic heterocycles. The van der Waals surface area contributed by atoms with Gasteiger partial charge in [0.25, 0.3) is 5.91 Å². The fraction of sp³-hybridized carbons (Fsp3) is 0.261. The second kappa shape index (κ2) is 8.73. The number of aromatic nitrogens is 2. The highest BCUT2D eigenvalue weighted by Crippen LogP contribution is 2.21. The van der Waals surface area contributed by atoms with E-state index in [1.807, 2.05) is 70.2 Å². The number of rotatable bonds is 6. The SMILES string of the molecule is CCc1c(C(=O)NCC(=O)Nc2c(C)cc(C)cc2C)cnn1-c1ccccc1. The maximum absolute atomic E-state index is 12.7. The zero-order chi connectivity index (χ0) is 21.0. The van der Waals surface area contributed by atoms with Gasteiger partial charge in [0, 0.05) is 5.69 Å². The van der Waals surface area contributed by atoms with E-state index in [0.29, 0.717) is 12.0 Å². The van der Waals surface area contributed by atoms with Crippen molar-refractivity contribution in [2.75, 3.05) is 11.9 Å². The van der Waals surface area contributed by atoms with Crippen LogP contribution in [-0.4, -0.2) is 28.1 Å². The smallest absolute Gasteiger partial charge is 0.255 e. The van der Waals surface area contributed by atoms with E-state index >= 15 is 0 Å². The Morgan fingerprint density at radius 2 is 1.69 bits per heavy atom. The number of hydrogen-bond acceptors (Lipinski definition) is 3. The van der Waals surface area contributed by atoms with E-state index < -0.39 is 0 Å². The Bertz CT molecular complexity index is 1020. The summed E-state index contributed by atoms with van der Waals surface area (Å²) in [4.78, 5) is 25.0. The summed E-state index contributed by atoms with van der Waals surface area (Å²) in [5.41, 5.74) is 6.12. The minimum atomic E-state index is -0.309.